The highest BCUT2D eigenvalue weighted by Gasteiger charge is 2.17. The number of hydrogen-bond donors (Lipinski definition) is 1. The zero-order valence-corrected chi connectivity index (χ0v) is 7.55. The van der Waals surface area contributed by atoms with Crippen molar-refractivity contribution in [3.63, 3.8) is 0 Å². The molecule has 2 nitrogen and oxygen atoms in total. The van der Waals surface area contributed by atoms with E-state index in [1.165, 1.54) is 0 Å². The lowest BCUT2D eigenvalue weighted by molar-refractivity contribution is -0.121. The van der Waals surface area contributed by atoms with Gasteiger partial charge in [-0.15, -0.1) is 0 Å². The summed E-state index contributed by atoms with van der Waals surface area (Å²) in [5.74, 6) is 0.158. The molecule has 11 heavy (non-hydrogen) atoms. The molecule has 0 saturated carbocycles. The second-order valence-corrected chi connectivity index (χ2v) is 3.59. The van der Waals surface area contributed by atoms with E-state index < -0.39 is 0 Å². The Labute approximate surface area is 68.5 Å². The third-order valence-corrected chi connectivity index (χ3v) is 1.34. The molecule has 0 saturated heterocycles. The number of rotatable bonds is 3. The molecule has 2 N–H and O–H groups in total. The molecule has 0 radical (unpaired) electrons. The van der Waals surface area contributed by atoms with Gasteiger partial charge in [-0.25, -0.2) is 0 Å². The van der Waals surface area contributed by atoms with E-state index in [-0.39, 0.29) is 11.2 Å². The highest BCUT2D eigenvalue weighted by molar-refractivity contribution is 5.93. The molecule has 0 aliphatic heterocycles. The Morgan fingerprint density at radius 2 is 2.00 bits per heavy atom. The normalized spacial score (nSPS) is 12.4. The summed E-state index contributed by atoms with van der Waals surface area (Å²) in [6.07, 6.45) is 4.22. The van der Waals surface area contributed by atoms with Crippen molar-refractivity contribution in [2.45, 2.75) is 27.2 Å². The van der Waals surface area contributed by atoms with Crippen LogP contribution >= 0.6 is 0 Å². The number of nitrogens with two attached hydrogens (primary N) is 1. The van der Waals surface area contributed by atoms with Gasteiger partial charge in [-0.3, -0.25) is 4.79 Å². The van der Waals surface area contributed by atoms with Crippen LogP contribution < -0.4 is 5.73 Å². The molecular formula is C9H17NO. The minimum atomic E-state index is -0.259. The first-order valence-corrected chi connectivity index (χ1v) is 3.89. The zero-order chi connectivity index (χ0) is 8.91. The van der Waals surface area contributed by atoms with Gasteiger partial charge in [-0.1, -0.05) is 26.8 Å². The minimum absolute atomic E-state index is 0.158. The van der Waals surface area contributed by atoms with Crippen molar-refractivity contribution in [2.24, 2.45) is 11.1 Å². The van der Waals surface area contributed by atoms with Gasteiger partial charge in [0.25, 0.3) is 0 Å². The Hall–Kier alpha value is -0.630. The maximum absolute atomic E-state index is 11.2. The van der Waals surface area contributed by atoms with E-state index in [9.17, 15) is 4.79 Å². The molecule has 0 amide bonds. The summed E-state index contributed by atoms with van der Waals surface area (Å²) in [7, 11) is 0. The van der Waals surface area contributed by atoms with E-state index in [1.54, 1.807) is 6.08 Å². The van der Waals surface area contributed by atoms with E-state index in [1.807, 2.05) is 26.8 Å². The van der Waals surface area contributed by atoms with Crippen LogP contribution in [0.15, 0.2) is 12.2 Å². The summed E-state index contributed by atoms with van der Waals surface area (Å²) in [5, 5.41) is 0. The SMILES string of the molecule is CC(C)(C)C(=O)/C=C/CCN. The average Bonchev–Trinajstić information content (AvgIpc) is 1.86. The first-order chi connectivity index (χ1) is 4.98. The Morgan fingerprint density at radius 3 is 2.36 bits per heavy atom. The van der Waals surface area contributed by atoms with Crippen molar-refractivity contribution in [2.75, 3.05) is 6.54 Å². The summed E-state index contributed by atoms with van der Waals surface area (Å²) >= 11 is 0. The summed E-state index contributed by atoms with van der Waals surface area (Å²) in [4.78, 5) is 11.2. The van der Waals surface area contributed by atoms with Gasteiger partial charge in [0.05, 0.1) is 0 Å². The van der Waals surface area contributed by atoms with Gasteiger partial charge in [0, 0.05) is 5.41 Å². The van der Waals surface area contributed by atoms with E-state index in [0.29, 0.717) is 6.54 Å². The minimum Gasteiger partial charge on any atom is -0.330 e. The van der Waals surface area contributed by atoms with Gasteiger partial charge in [0.1, 0.15) is 0 Å². The highest BCUT2D eigenvalue weighted by Crippen LogP contribution is 2.14. The molecule has 0 rings (SSSR count). The van der Waals surface area contributed by atoms with Gasteiger partial charge in [-0.05, 0) is 19.0 Å². The van der Waals surface area contributed by atoms with E-state index in [4.69, 9.17) is 5.73 Å². The van der Waals surface area contributed by atoms with Crippen LogP contribution in [0.3, 0.4) is 0 Å². The average molecular weight is 155 g/mol. The Bertz CT molecular complexity index is 153. The predicted molar refractivity (Wildman–Crippen MR) is 47.3 cm³/mol. The van der Waals surface area contributed by atoms with Crippen LogP contribution in [0.2, 0.25) is 0 Å². The second-order valence-electron chi connectivity index (χ2n) is 3.59. The fraction of sp³-hybridized carbons (Fsp3) is 0.667. The van der Waals surface area contributed by atoms with Crippen LogP contribution in [0.25, 0.3) is 0 Å². The number of hydrogen-bond acceptors (Lipinski definition) is 2. The van der Waals surface area contributed by atoms with Crippen molar-refractivity contribution in [1.29, 1.82) is 0 Å². The molecule has 0 heterocycles. The monoisotopic (exact) mass is 155 g/mol. The largest absolute Gasteiger partial charge is 0.330 e. The third-order valence-electron chi connectivity index (χ3n) is 1.34. The standard InChI is InChI=1S/C9H17NO/c1-9(2,3)8(11)6-4-5-7-10/h4,6H,5,7,10H2,1-3H3/b6-4+. The summed E-state index contributed by atoms with van der Waals surface area (Å²) in [6, 6.07) is 0. The van der Waals surface area contributed by atoms with Crippen molar-refractivity contribution in [3.05, 3.63) is 12.2 Å². The highest BCUT2D eigenvalue weighted by atomic mass is 16.1. The van der Waals surface area contributed by atoms with Crippen LogP contribution in [0.1, 0.15) is 27.2 Å². The predicted octanol–water partition coefficient (Wildman–Crippen LogP) is 1.51. The Morgan fingerprint density at radius 1 is 1.45 bits per heavy atom. The summed E-state index contributed by atoms with van der Waals surface area (Å²) < 4.78 is 0. The van der Waals surface area contributed by atoms with Gasteiger partial charge in [0.2, 0.25) is 0 Å². The summed E-state index contributed by atoms with van der Waals surface area (Å²) in [6.45, 7) is 6.32. The fourth-order valence-electron chi connectivity index (χ4n) is 0.537. The molecule has 0 atom stereocenters. The molecular weight excluding hydrogens is 138 g/mol. The first kappa shape index (κ1) is 10.4. The lowest BCUT2D eigenvalue weighted by Crippen LogP contribution is -2.17. The van der Waals surface area contributed by atoms with Crippen LogP contribution in [0, 0.1) is 5.41 Å². The van der Waals surface area contributed by atoms with Crippen LogP contribution in [0.4, 0.5) is 0 Å². The van der Waals surface area contributed by atoms with Crippen LogP contribution in [-0.2, 0) is 4.79 Å². The third kappa shape index (κ3) is 4.73. The van der Waals surface area contributed by atoms with Gasteiger partial charge < -0.3 is 5.73 Å². The van der Waals surface area contributed by atoms with Gasteiger partial charge in [-0.2, -0.15) is 0 Å². The smallest absolute Gasteiger partial charge is 0.160 e. The van der Waals surface area contributed by atoms with Crippen molar-refractivity contribution in [3.8, 4) is 0 Å². The molecule has 0 aromatic heterocycles. The molecule has 0 spiro atoms. The maximum atomic E-state index is 11.2. The number of carbonyl (C=O) groups is 1. The molecule has 0 bridgehead atoms. The van der Waals surface area contributed by atoms with Crippen LogP contribution in [0.5, 0.6) is 0 Å². The molecule has 0 unspecified atom stereocenters. The van der Waals surface area contributed by atoms with Crippen molar-refractivity contribution >= 4 is 5.78 Å². The molecule has 0 aliphatic rings. The zero-order valence-electron chi connectivity index (χ0n) is 7.55. The van der Waals surface area contributed by atoms with Crippen LogP contribution in [-0.4, -0.2) is 12.3 Å². The quantitative estimate of drug-likeness (QED) is 0.628. The Balaban J connectivity index is 3.88. The maximum Gasteiger partial charge on any atom is 0.160 e. The lowest BCUT2D eigenvalue weighted by atomic mass is 9.90. The van der Waals surface area contributed by atoms with Gasteiger partial charge >= 0.3 is 0 Å². The molecule has 0 aliphatic carbocycles. The number of carbonyl (C=O) groups excluding carboxylic acids is 1. The summed E-state index contributed by atoms with van der Waals surface area (Å²) in [5.41, 5.74) is 5.00. The molecule has 64 valence electrons. The Kier molecular flexibility index (Phi) is 4.04. The molecule has 0 fully saturated rings. The second kappa shape index (κ2) is 4.29. The number of allylic oxidation sites excluding steroid dienone is 1. The number of ketones is 1. The topological polar surface area (TPSA) is 43.1 Å². The molecule has 0 aromatic carbocycles. The first-order valence-electron chi connectivity index (χ1n) is 3.89. The van der Waals surface area contributed by atoms with Crippen molar-refractivity contribution < 1.29 is 4.79 Å². The molecule has 0 aromatic rings. The fourth-order valence-corrected chi connectivity index (χ4v) is 0.537. The lowest BCUT2D eigenvalue weighted by Gasteiger charge is -2.12. The van der Waals surface area contributed by atoms with E-state index in [0.717, 1.165) is 6.42 Å². The molecule has 2 heteroatoms. The van der Waals surface area contributed by atoms with Gasteiger partial charge in [0.15, 0.2) is 5.78 Å². The van der Waals surface area contributed by atoms with Crippen molar-refractivity contribution in [1.82, 2.24) is 0 Å². The van der Waals surface area contributed by atoms with E-state index in [2.05, 4.69) is 0 Å². The van der Waals surface area contributed by atoms with E-state index >= 15 is 0 Å².